The zero-order valence-corrected chi connectivity index (χ0v) is 17.2. The molecule has 0 N–H and O–H groups in total. The minimum absolute atomic E-state index is 0.263. The highest BCUT2D eigenvalue weighted by atomic mass is 16.7. The van der Waals surface area contributed by atoms with Crippen LogP contribution < -0.4 is 9.47 Å². The van der Waals surface area contributed by atoms with Crippen LogP contribution in [0.4, 0.5) is 0 Å². The quantitative estimate of drug-likeness (QED) is 0.303. The van der Waals surface area contributed by atoms with Crippen LogP contribution in [0.15, 0.2) is 78.9 Å². The third-order valence-electron chi connectivity index (χ3n) is 5.11. The van der Waals surface area contributed by atoms with Gasteiger partial charge >= 0.3 is 0 Å². The first kappa shape index (κ1) is 20.5. The largest absolute Gasteiger partial charge is 0.454 e. The Kier molecular flexibility index (Phi) is 7.37. The van der Waals surface area contributed by atoms with Crippen molar-refractivity contribution < 1.29 is 18.9 Å². The molecule has 4 nitrogen and oxygen atoms in total. The van der Waals surface area contributed by atoms with Crippen molar-refractivity contribution in [2.75, 3.05) is 20.0 Å². The van der Waals surface area contributed by atoms with Gasteiger partial charge in [0.2, 0.25) is 6.79 Å². The Morgan fingerprint density at radius 2 is 1.23 bits per heavy atom. The second-order valence-corrected chi connectivity index (χ2v) is 7.36. The Morgan fingerprint density at radius 1 is 0.667 bits per heavy atom. The standard InChI is InChI=1S/C26H28O4/c1-3-9-21(10-4-1)13-7-17-27-26(23-15-16-24-25(19-23)30-20-29-24)28-18-8-14-22-11-5-2-6-12-22/h1-6,9-12,15-16,19,26H,7-8,13-14,17-18,20H2. The van der Waals surface area contributed by atoms with E-state index in [2.05, 4.69) is 48.5 Å². The van der Waals surface area contributed by atoms with Crippen molar-refractivity contribution in [1.29, 1.82) is 0 Å². The maximum atomic E-state index is 6.14. The van der Waals surface area contributed by atoms with E-state index in [1.54, 1.807) is 0 Å². The molecular formula is C26H28O4. The summed E-state index contributed by atoms with van der Waals surface area (Å²) in [5, 5.41) is 0. The molecule has 4 heteroatoms. The van der Waals surface area contributed by atoms with Gasteiger partial charge in [-0.3, -0.25) is 0 Å². The van der Waals surface area contributed by atoms with Gasteiger partial charge in [0.25, 0.3) is 0 Å². The van der Waals surface area contributed by atoms with E-state index in [-0.39, 0.29) is 6.79 Å². The first-order valence-electron chi connectivity index (χ1n) is 10.6. The molecule has 156 valence electrons. The monoisotopic (exact) mass is 404 g/mol. The number of aryl methyl sites for hydroxylation is 2. The second-order valence-electron chi connectivity index (χ2n) is 7.36. The number of hydrogen-bond acceptors (Lipinski definition) is 4. The van der Waals surface area contributed by atoms with Gasteiger partial charge in [0.15, 0.2) is 17.8 Å². The van der Waals surface area contributed by atoms with Crippen LogP contribution in [0.5, 0.6) is 11.5 Å². The van der Waals surface area contributed by atoms with Crippen LogP contribution in [0.3, 0.4) is 0 Å². The van der Waals surface area contributed by atoms with Crippen LogP contribution in [0, 0.1) is 0 Å². The molecular weight excluding hydrogens is 376 g/mol. The van der Waals surface area contributed by atoms with Crippen LogP contribution in [0.1, 0.15) is 35.8 Å². The number of rotatable bonds is 11. The predicted molar refractivity (Wildman–Crippen MR) is 117 cm³/mol. The lowest BCUT2D eigenvalue weighted by atomic mass is 10.1. The van der Waals surface area contributed by atoms with E-state index < -0.39 is 6.29 Å². The van der Waals surface area contributed by atoms with Gasteiger partial charge in [-0.05, 0) is 55.0 Å². The first-order chi connectivity index (χ1) is 14.9. The second kappa shape index (κ2) is 10.8. The molecule has 30 heavy (non-hydrogen) atoms. The Hall–Kier alpha value is -2.82. The summed E-state index contributed by atoms with van der Waals surface area (Å²) in [6.45, 7) is 1.53. The highest BCUT2D eigenvalue weighted by Gasteiger charge is 2.19. The van der Waals surface area contributed by atoms with Gasteiger partial charge in [-0.1, -0.05) is 60.7 Å². The van der Waals surface area contributed by atoms with Gasteiger partial charge in [-0.25, -0.2) is 0 Å². The molecule has 0 unspecified atom stereocenters. The number of ether oxygens (including phenoxy) is 4. The summed E-state index contributed by atoms with van der Waals surface area (Å²) in [6, 6.07) is 26.8. The molecule has 0 fully saturated rings. The highest BCUT2D eigenvalue weighted by molar-refractivity contribution is 5.44. The van der Waals surface area contributed by atoms with Crippen LogP contribution >= 0.6 is 0 Å². The van der Waals surface area contributed by atoms with Gasteiger partial charge < -0.3 is 18.9 Å². The number of benzene rings is 3. The summed E-state index contributed by atoms with van der Waals surface area (Å²) in [5.41, 5.74) is 3.60. The Bertz CT molecular complexity index is 848. The highest BCUT2D eigenvalue weighted by Crippen LogP contribution is 2.35. The molecule has 0 saturated heterocycles. The average molecular weight is 405 g/mol. The normalized spacial score (nSPS) is 12.4. The van der Waals surface area contributed by atoms with Crippen molar-refractivity contribution in [3.63, 3.8) is 0 Å². The van der Waals surface area contributed by atoms with E-state index in [4.69, 9.17) is 18.9 Å². The van der Waals surface area contributed by atoms with Gasteiger partial charge in [0, 0.05) is 5.56 Å². The summed E-state index contributed by atoms with van der Waals surface area (Å²) in [4.78, 5) is 0. The van der Waals surface area contributed by atoms with E-state index in [0.717, 1.165) is 42.7 Å². The van der Waals surface area contributed by atoms with Crippen molar-refractivity contribution in [2.24, 2.45) is 0 Å². The van der Waals surface area contributed by atoms with E-state index in [1.165, 1.54) is 11.1 Å². The minimum atomic E-state index is -0.411. The molecule has 0 amide bonds. The van der Waals surface area contributed by atoms with Crippen LogP contribution in [-0.4, -0.2) is 20.0 Å². The van der Waals surface area contributed by atoms with Crippen molar-refractivity contribution in [3.8, 4) is 11.5 Å². The summed E-state index contributed by atoms with van der Waals surface area (Å²) in [5.74, 6) is 1.52. The minimum Gasteiger partial charge on any atom is -0.454 e. The van der Waals surface area contributed by atoms with E-state index >= 15 is 0 Å². The van der Waals surface area contributed by atoms with Gasteiger partial charge in [-0.15, -0.1) is 0 Å². The summed E-state index contributed by atoms with van der Waals surface area (Å²) in [6.07, 6.45) is 3.45. The summed E-state index contributed by atoms with van der Waals surface area (Å²) in [7, 11) is 0. The van der Waals surface area contributed by atoms with Crippen LogP contribution in [0.2, 0.25) is 0 Å². The lowest BCUT2D eigenvalue weighted by molar-refractivity contribution is -0.147. The molecule has 0 bridgehead atoms. The first-order valence-corrected chi connectivity index (χ1v) is 10.6. The molecule has 3 aromatic carbocycles. The van der Waals surface area contributed by atoms with Crippen LogP contribution in [-0.2, 0) is 22.3 Å². The van der Waals surface area contributed by atoms with Gasteiger partial charge in [0.1, 0.15) is 0 Å². The topological polar surface area (TPSA) is 36.9 Å². The lowest BCUT2D eigenvalue weighted by Crippen LogP contribution is -2.12. The maximum Gasteiger partial charge on any atom is 0.231 e. The molecule has 3 aromatic rings. The Morgan fingerprint density at radius 3 is 1.83 bits per heavy atom. The third kappa shape index (κ3) is 5.85. The lowest BCUT2D eigenvalue weighted by Gasteiger charge is -2.19. The van der Waals surface area contributed by atoms with Gasteiger partial charge in [0.05, 0.1) is 13.2 Å². The van der Waals surface area contributed by atoms with E-state index in [1.807, 2.05) is 30.3 Å². The summed E-state index contributed by atoms with van der Waals surface area (Å²) >= 11 is 0. The fraction of sp³-hybridized carbons (Fsp3) is 0.308. The molecule has 0 aromatic heterocycles. The van der Waals surface area contributed by atoms with Gasteiger partial charge in [-0.2, -0.15) is 0 Å². The zero-order valence-electron chi connectivity index (χ0n) is 17.2. The predicted octanol–water partition coefficient (Wildman–Crippen LogP) is 5.71. The zero-order chi connectivity index (χ0) is 20.4. The number of fused-ring (bicyclic) bond motifs is 1. The molecule has 0 spiro atoms. The summed E-state index contributed by atoms with van der Waals surface area (Å²) < 4.78 is 23.2. The van der Waals surface area contributed by atoms with E-state index in [9.17, 15) is 0 Å². The van der Waals surface area contributed by atoms with Crippen molar-refractivity contribution in [3.05, 3.63) is 95.6 Å². The molecule has 4 rings (SSSR count). The number of hydrogen-bond donors (Lipinski definition) is 0. The molecule has 1 heterocycles. The maximum absolute atomic E-state index is 6.14. The fourth-order valence-corrected chi connectivity index (χ4v) is 3.52. The molecule has 1 aliphatic rings. The Balaban J connectivity index is 1.31. The molecule has 0 saturated carbocycles. The smallest absolute Gasteiger partial charge is 0.231 e. The average Bonchev–Trinajstić information content (AvgIpc) is 3.27. The molecule has 1 aliphatic heterocycles. The fourth-order valence-electron chi connectivity index (χ4n) is 3.52. The molecule has 0 radical (unpaired) electrons. The molecule has 0 atom stereocenters. The third-order valence-corrected chi connectivity index (χ3v) is 5.11. The van der Waals surface area contributed by atoms with E-state index in [0.29, 0.717) is 13.2 Å². The van der Waals surface area contributed by atoms with Crippen LogP contribution in [0.25, 0.3) is 0 Å². The Labute approximate surface area is 178 Å². The SMILES string of the molecule is c1ccc(CCCOC(OCCCc2ccccc2)c2ccc3c(c2)OCO3)cc1. The van der Waals surface area contributed by atoms with Crippen molar-refractivity contribution >= 4 is 0 Å². The van der Waals surface area contributed by atoms with Crippen molar-refractivity contribution in [1.82, 2.24) is 0 Å². The van der Waals surface area contributed by atoms with Crippen molar-refractivity contribution in [2.45, 2.75) is 32.0 Å². The molecule has 0 aliphatic carbocycles.